The number of halogens is 1. The topological polar surface area (TPSA) is 48.9 Å². The molecule has 1 aromatic rings. The van der Waals surface area contributed by atoms with E-state index >= 15 is 0 Å². The molecule has 0 aliphatic carbocycles. The molecule has 2 fully saturated rings. The predicted molar refractivity (Wildman–Crippen MR) is 123 cm³/mol. The molecule has 2 aliphatic rings. The minimum atomic E-state index is 0. The molecule has 0 radical (unpaired) electrons. The highest BCUT2D eigenvalue weighted by Crippen LogP contribution is 2.30. The van der Waals surface area contributed by atoms with Gasteiger partial charge in [0.2, 0.25) is 0 Å². The summed E-state index contributed by atoms with van der Waals surface area (Å²) in [7, 11) is 1.85. The third kappa shape index (κ3) is 5.57. The van der Waals surface area contributed by atoms with Crippen LogP contribution in [-0.4, -0.2) is 56.3 Å². The molecule has 5 nitrogen and oxygen atoms in total. The average Bonchev–Trinajstić information content (AvgIpc) is 3.21. The van der Waals surface area contributed by atoms with Gasteiger partial charge in [-0.2, -0.15) is 0 Å². The molecule has 0 bridgehead atoms. The Morgan fingerprint density at radius 1 is 1.22 bits per heavy atom. The maximum Gasteiger partial charge on any atom is 0.191 e. The maximum atomic E-state index is 5.65. The molecule has 6 heteroatoms. The van der Waals surface area contributed by atoms with Crippen LogP contribution >= 0.6 is 24.0 Å². The van der Waals surface area contributed by atoms with Crippen molar-refractivity contribution in [3.05, 3.63) is 35.4 Å². The minimum absolute atomic E-state index is 0. The van der Waals surface area contributed by atoms with E-state index in [0.29, 0.717) is 0 Å². The molecule has 2 heterocycles. The smallest absolute Gasteiger partial charge is 0.191 e. The van der Waals surface area contributed by atoms with Crippen molar-refractivity contribution in [3.63, 3.8) is 0 Å². The molecule has 1 unspecified atom stereocenters. The van der Waals surface area contributed by atoms with E-state index in [1.807, 2.05) is 7.05 Å². The SMILES string of the molecule is CN=C(NCC1(N2CCCC2)CCOCC1)NC(C)c1ccccc1C.I. The first kappa shape index (κ1) is 22.4. The van der Waals surface area contributed by atoms with Crippen LogP contribution in [0.5, 0.6) is 0 Å². The molecule has 2 N–H and O–H groups in total. The van der Waals surface area contributed by atoms with Crippen LogP contribution in [0.25, 0.3) is 0 Å². The van der Waals surface area contributed by atoms with Crippen molar-refractivity contribution in [1.82, 2.24) is 15.5 Å². The summed E-state index contributed by atoms with van der Waals surface area (Å²) in [6.45, 7) is 9.44. The largest absolute Gasteiger partial charge is 0.381 e. The molecule has 0 aromatic heterocycles. The fourth-order valence-electron chi connectivity index (χ4n) is 4.35. The van der Waals surface area contributed by atoms with E-state index in [9.17, 15) is 0 Å². The summed E-state index contributed by atoms with van der Waals surface area (Å²) < 4.78 is 5.65. The third-order valence-electron chi connectivity index (χ3n) is 6.02. The normalized spacial score (nSPS) is 21.4. The molecule has 0 spiro atoms. The van der Waals surface area contributed by atoms with Crippen LogP contribution in [0.15, 0.2) is 29.3 Å². The molecule has 2 saturated heterocycles. The fourth-order valence-corrected chi connectivity index (χ4v) is 4.35. The zero-order valence-electron chi connectivity index (χ0n) is 17.0. The molecular weight excluding hydrogens is 451 g/mol. The highest BCUT2D eigenvalue weighted by molar-refractivity contribution is 14.0. The molecule has 0 amide bonds. The summed E-state index contributed by atoms with van der Waals surface area (Å²) in [5, 5.41) is 7.18. The first-order chi connectivity index (χ1) is 12.6. The Bertz CT molecular complexity index is 610. The number of benzene rings is 1. The lowest BCUT2D eigenvalue weighted by molar-refractivity contribution is -0.0164. The van der Waals surface area contributed by atoms with Gasteiger partial charge in [0.1, 0.15) is 0 Å². The van der Waals surface area contributed by atoms with Gasteiger partial charge in [-0.1, -0.05) is 24.3 Å². The number of ether oxygens (including phenoxy) is 1. The van der Waals surface area contributed by atoms with Crippen LogP contribution in [0.3, 0.4) is 0 Å². The van der Waals surface area contributed by atoms with Gasteiger partial charge in [-0.3, -0.25) is 9.89 Å². The lowest BCUT2D eigenvalue weighted by Crippen LogP contribution is -2.58. The van der Waals surface area contributed by atoms with Gasteiger partial charge in [-0.15, -0.1) is 24.0 Å². The summed E-state index contributed by atoms with van der Waals surface area (Å²) >= 11 is 0. The number of aliphatic imine (C=N–C) groups is 1. The van der Waals surface area contributed by atoms with E-state index in [0.717, 1.165) is 38.6 Å². The first-order valence-corrected chi connectivity index (χ1v) is 10.0. The van der Waals surface area contributed by atoms with Crippen LogP contribution in [0.1, 0.15) is 49.8 Å². The Labute approximate surface area is 181 Å². The number of nitrogens with zero attached hydrogens (tertiary/aromatic N) is 2. The zero-order chi connectivity index (χ0) is 18.4. The number of guanidine groups is 1. The maximum absolute atomic E-state index is 5.65. The standard InChI is InChI=1S/C21H34N4O.HI/c1-17-8-4-5-9-19(17)18(2)24-20(22-3)23-16-21(10-14-26-15-11-21)25-12-6-7-13-25;/h4-5,8-9,18H,6-7,10-16H2,1-3H3,(H2,22,23,24);1H. The van der Waals surface area contributed by atoms with Gasteiger partial charge in [0, 0.05) is 32.3 Å². The number of likely N-dealkylation sites (tertiary alicyclic amines) is 1. The molecule has 3 rings (SSSR count). The number of hydrogen-bond acceptors (Lipinski definition) is 3. The van der Waals surface area contributed by atoms with Crippen LogP contribution in [-0.2, 0) is 4.74 Å². The Morgan fingerprint density at radius 2 is 1.89 bits per heavy atom. The third-order valence-corrected chi connectivity index (χ3v) is 6.02. The Kier molecular flexibility index (Phi) is 8.82. The van der Waals surface area contributed by atoms with Crippen molar-refractivity contribution in [2.45, 2.75) is 51.1 Å². The van der Waals surface area contributed by atoms with Gasteiger partial charge in [0.05, 0.1) is 6.04 Å². The lowest BCUT2D eigenvalue weighted by Gasteiger charge is -2.45. The molecule has 0 saturated carbocycles. The summed E-state index contributed by atoms with van der Waals surface area (Å²) in [6.07, 6.45) is 4.84. The van der Waals surface area contributed by atoms with Crippen molar-refractivity contribution in [2.75, 3.05) is 39.9 Å². The van der Waals surface area contributed by atoms with Gasteiger partial charge < -0.3 is 15.4 Å². The van der Waals surface area contributed by atoms with E-state index in [1.54, 1.807) is 0 Å². The second-order valence-electron chi connectivity index (χ2n) is 7.68. The second kappa shape index (κ2) is 10.6. The number of rotatable bonds is 5. The summed E-state index contributed by atoms with van der Waals surface area (Å²) in [6, 6.07) is 8.75. The van der Waals surface area contributed by atoms with Gasteiger partial charge in [-0.05, 0) is 63.7 Å². The molecule has 1 atom stereocenters. The summed E-state index contributed by atoms with van der Waals surface area (Å²) in [4.78, 5) is 7.15. The van der Waals surface area contributed by atoms with Crippen LogP contribution < -0.4 is 10.6 Å². The molecular formula is C21H35IN4O. The minimum Gasteiger partial charge on any atom is -0.381 e. The highest BCUT2D eigenvalue weighted by Gasteiger charge is 2.39. The van der Waals surface area contributed by atoms with Gasteiger partial charge in [-0.25, -0.2) is 0 Å². The highest BCUT2D eigenvalue weighted by atomic mass is 127. The zero-order valence-corrected chi connectivity index (χ0v) is 19.3. The van der Waals surface area contributed by atoms with Crippen LogP contribution in [0.4, 0.5) is 0 Å². The first-order valence-electron chi connectivity index (χ1n) is 10.0. The van der Waals surface area contributed by atoms with Crippen molar-refractivity contribution >= 4 is 29.9 Å². The monoisotopic (exact) mass is 486 g/mol. The summed E-state index contributed by atoms with van der Waals surface area (Å²) in [5.74, 6) is 0.880. The quantitative estimate of drug-likeness (QED) is 0.380. The predicted octanol–water partition coefficient (Wildman–Crippen LogP) is 3.48. The molecule has 27 heavy (non-hydrogen) atoms. The van der Waals surface area contributed by atoms with Crippen LogP contribution in [0.2, 0.25) is 0 Å². The van der Waals surface area contributed by atoms with Gasteiger partial charge in [0.25, 0.3) is 0 Å². The average molecular weight is 486 g/mol. The van der Waals surface area contributed by atoms with Crippen molar-refractivity contribution in [3.8, 4) is 0 Å². The summed E-state index contributed by atoms with van der Waals surface area (Å²) in [5.41, 5.74) is 2.83. The number of aryl methyl sites for hydroxylation is 1. The van der Waals surface area contributed by atoms with Gasteiger partial charge >= 0.3 is 0 Å². The fraction of sp³-hybridized carbons (Fsp3) is 0.667. The van der Waals surface area contributed by atoms with E-state index in [1.165, 1.54) is 37.1 Å². The van der Waals surface area contributed by atoms with E-state index in [2.05, 4.69) is 58.6 Å². The van der Waals surface area contributed by atoms with Gasteiger partial charge in [0.15, 0.2) is 5.96 Å². The molecule has 2 aliphatic heterocycles. The lowest BCUT2D eigenvalue weighted by atomic mass is 9.88. The van der Waals surface area contributed by atoms with Crippen molar-refractivity contribution in [1.29, 1.82) is 0 Å². The molecule has 152 valence electrons. The van der Waals surface area contributed by atoms with E-state index in [4.69, 9.17) is 4.74 Å². The molecule has 1 aromatic carbocycles. The van der Waals surface area contributed by atoms with E-state index < -0.39 is 0 Å². The number of nitrogens with one attached hydrogen (secondary N) is 2. The number of hydrogen-bond donors (Lipinski definition) is 2. The van der Waals surface area contributed by atoms with Crippen LogP contribution in [0, 0.1) is 6.92 Å². The van der Waals surface area contributed by atoms with E-state index in [-0.39, 0.29) is 35.6 Å². The Balaban J connectivity index is 0.00000261. The van der Waals surface area contributed by atoms with Crippen molar-refractivity contribution in [2.24, 2.45) is 4.99 Å². The Hall–Kier alpha value is -0.860. The Morgan fingerprint density at radius 3 is 2.52 bits per heavy atom. The van der Waals surface area contributed by atoms with Crippen molar-refractivity contribution < 1.29 is 4.74 Å². The second-order valence-corrected chi connectivity index (χ2v) is 7.68.